The van der Waals surface area contributed by atoms with Gasteiger partial charge in [0.15, 0.2) is 6.61 Å². The summed E-state index contributed by atoms with van der Waals surface area (Å²) < 4.78 is 18.3. The molecule has 0 aliphatic rings. The molecule has 1 atom stereocenters. The van der Waals surface area contributed by atoms with E-state index in [0.29, 0.717) is 11.1 Å². The van der Waals surface area contributed by atoms with Gasteiger partial charge in [0.05, 0.1) is 0 Å². The summed E-state index contributed by atoms with van der Waals surface area (Å²) in [5.74, 6) is -2.23. The quantitative estimate of drug-likeness (QED) is 0.777. The topological polar surface area (TPSA) is 84.5 Å². The number of benzene rings is 2. The number of rotatable bonds is 6. The second kappa shape index (κ2) is 8.75. The first-order chi connectivity index (χ1) is 12.4. The predicted molar refractivity (Wildman–Crippen MR) is 94.1 cm³/mol. The monoisotopic (exact) mass is 358 g/mol. The van der Waals surface area contributed by atoms with Crippen LogP contribution in [-0.2, 0) is 14.3 Å². The van der Waals surface area contributed by atoms with Gasteiger partial charge in [-0.3, -0.25) is 9.59 Å². The number of esters is 1. The van der Waals surface area contributed by atoms with Gasteiger partial charge in [0, 0.05) is 11.3 Å². The molecule has 2 aromatic carbocycles. The first-order valence-corrected chi connectivity index (χ1v) is 7.95. The molecule has 136 valence electrons. The lowest BCUT2D eigenvalue weighted by atomic mass is 10.2. The van der Waals surface area contributed by atoms with Gasteiger partial charge in [0.1, 0.15) is 11.9 Å². The average molecular weight is 358 g/mol. The zero-order valence-corrected chi connectivity index (χ0v) is 14.4. The Kier molecular flexibility index (Phi) is 6.43. The first-order valence-electron chi connectivity index (χ1n) is 7.95. The van der Waals surface area contributed by atoms with Crippen LogP contribution in [-0.4, -0.2) is 30.4 Å². The second-order valence-electron chi connectivity index (χ2n) is 5.68. The van der Waals surface area contributed by atoms with Crippen LogP contribution in [0, 0.1) is 12.7 Å². The molecule has 0 spiro atoms. The fraction of sp³-hybridized carbons (Fsp3) is 0.211. The van der Waals surface area contributed by atoms with Gasteiger partial charge >= 0.3 is 5.97 Å². The van der Waals surface area contributed by atoms with E-state index in [1.807, 2.05) is 0 Å². The Morgan fingerprint density at radius 1 is 1.12 bits per heavy atom. The number of nitrogens with one attached hydrogen (secondary N) is 2. The summed E-state index contributed by atoms with van der Waals surface area (Å²) in [5, 5.41) is 4.92. The predicted octanol–water partition coefficient (Wildman–Crippen LogP) is 2.43. The summed E-state index contributed by atoms with van der Waals surface area (Å²) in [5.41, 5.74) is 1.13. The lowest BCUT2D eigenvalue weighted by Gasteiger charge is -2.13. The number of amides is 2. The average Bonchev–Trinajstić information content (AvgIpc) is 2.63. The zero-order valence-electron chi connectivity index (χ0n) is 14.4. The highest BCUT2D eigenvalue weighted by molar-refractivity contribution is 5.97. The fourth-order valence-electron chi connectivity index (χ4n) is 2.06. The summed E-state index contributed by atoms with van der Waals surface area (Å²) in [4.78, 5) is 35.6. The number of halogens is 1. The largest absolute Gasteiger partial charge is 0.454 e. The van der Waals surface area contributed by atoms with Crippen molar-refractivity contribution in [3.63, 3.8) is 0 Å². The minimum absolute atomic E-state index is 0.263. The van der Waals surface area contributed by atoms with Crippen molar-refractivity contribution in [3.05, 3.63) is 65.5 Å². The third-order valence-corrected chi connectivity index (χ3v) is 3.54. The van der Waals surface area contributed by atoms with Crippen LogP contribution in [0.3, 0.4) is 0 Å². The van der Waals surface area contributed by atoms with Crippen LogP contribution < -0.4 is 10.6 Å². The number of carbonyl (C=O) groups excluding carboxylic acids is 3. The SMILES string of the molecule is Cc1ccc(NC(=O)COC(=O)[C@@H](C)NC(=O)c2ccccc2)cc1F. The molecule has 2 aromatic rings. The van der Waals surface area contributed by atoms with Crippen molar-refractivity contribution in [2.24, 2.45) is 0 Å². The molecule has 0 saturated heterocycles. The molecule has 6 nitrogen and oxygen atoms in total. The van der Waals surface area contributed by atoms with Crippen molar-refractivity contribution in [1.82, 2.24) is 5.32 Å². The molecular weight excluding hydrogens is 339 g/mol. The standard InChI is InChI=1S/C19H19FN2O4/c1-12-8-9-15(10-16(12)20)22-17(23)11-26-19(25)13(2)21-18(24)14-6-4-3-5-7-14/h3-10,13H,11H2,1-2H3,(H,21,24)(H,22,23)/t13-/m1/s1. The second-order valence-corrected chi connectivity index (χ2v) is 5.68. The highest BCUT2D eigenvalue weighted by Gasteiger charge is 2.19. The lowest BCUT2D eigenvalue weighted by molar-refractivity contribution is -0.148. The summed E-state index contributed by atoms with van der Waals surface area (Å²) in [6.07, 6.45) is 0. The van der Waals surface area contributed by atoms with Crippen molar-refractivity contribution in [2.45, 2.75) is 19.9 Å². The Hall–Kier alpha value is -3.22. The molecule has 7 heteroatoms. The lowest BCUT2D eigenvalue weighted by Crippen LogP contribution is -2.40. The van der Waals surface area contributed by atoms with Gasteiger partial charge in [-0.1, -0.05) is 24.3 Å². The number of carbonyl (C=O) groups is 3. The molecule has 26 heavy (non-hydrogen) atoms. The molecule has 0 aromatic heterocycles. The van der Waals surface area contributed by atoms with E-state index in [9.17, 15) is 18.8 Å². The minimum atomic E-state index is -0.924. The van der Waals surface area contributed by atoms with Gasteiger partial charge in [0.25, 0.3) is 11.8 Å². The molecule has 2 N–H and O–H groups in total. The summed E-state index contributed by atoms with van der Waals surface area (Å²) >= 11 is 0. The van der Waals surface area contributed by atoms with E-state index in [-0.39, 0.29) is 5.69 Å². The molecular formula is C19H19FN2O4. The summed E-state index contributed by atoms with van der Waals surface area (Å²) in [7, 11) is 0. The summed E-state index contributed by atoms with van der Waals surface area (Å²) in [6.45, 7) is 2.52. The van der Waals surface area contributed by atoms with Crippen molar-refractivity contribution < 1.29 is 23.5 Å². The van der Waals surface area contributed by atoms with Gasteiger partial charge < -0.3 is 15.4 Å². The molecule has 2 amide bonds. The van der Waals surface area contributed by atoms with Crippen LogP contribution in [0.2, 0.25) is 0 Å². The van der Waals surface area contributed by atoms with E-state index in [0.717, 1.165) is 0 Å². The highest BCUT2D eigenvalue weighted by atomic mass is 19.1. The van der Waals surface area contributed by atoms with Crippen molar-refractivity contribution in [1.29, 1.82) is 0 Å². The number of ether oxygens (including phenoxy) is 1. The molecule has 0 saturated carbocycles. The van der Waals surface area contributed by atoms with E-state index < -0.39 is 36.2 Å². The van der Waals surface area contributed by atoms with Crippen molar-refractivity contribution in [2.75, 3.05) is 11.9 Å². The molecule has 0 heterocycles. The van der Waals surface area contributed by atoms with E-state index in [1.165, 1.54) is 19.1 Å². The Bertz CT molecular complexity index is 808. The van der Waals surface area contributed by atoms with Crippen molar-refractivity contribution in [3.8, 4) is 0 Å². The molecule has 0 aliphatic heterocycles. The molecule has 0 radical (unpaired) electrons. The Labute approximate surface area is 150 Å². The van der Waals surface area contributed by atoms with E-state index in [4.69, 9.17) is 4.74 Å². The fourth-order valence-corrected chi connectivity index (χ4v) is 2.06. The van der Waals surface area contributed by atoms with Crippen LogP contribution >= 0.6 is 0 Å². The molecule has 0 unspecified atom stereocenters. The third-order valence-electron chi connectivity index (χ3n) is 3.54. The van der Waals surface area contributed by atoms with Gasteiger partial charge in [-0.15, -0.1) is 0 Å². The zero-order chi connectivity index (χ0) is 19.1. The van der Waals surface area contributed by atoms with Crippen molar-refractivity contribution >= 4 is 23.5 Å². The van der Waals surface area contributed by atoms with Crippen LogP contribution in [0.25, 0.3) is 0 Å². The molecule has 0 fully saturated rings. The van der Waals surface area contributed by atoms with Crippen LogP contribution in [0.1, 0.15) is 22.8 Å². The first kappa shape index (κ1) is 19.1. The van der Waals surface area contributed by atoms with Gasteiger partial charge in [-0.25, -0.2) is 9.18 Å². The normalized spacial score (nSPS) is 11.3. The maximum atomic E-state index is 13.4. The van der Waals surface area contributed by atoms with Crippen LogP contribution in [0.15, 0.2) is 48.5 Å². The number of anilines is 1. The molecule has 0 bridgehead atoms. The Balaban J connectivity index is 1.80. The molecule has 0 aliphatic carbocycles. The van der Waals surface area contributed by atoms with Crippen LogP contribution in [0.5, 0.6) is 0 Å². The third kappa shape index (κ3) is 5.41. The smallest absolute Gasteiger partial charge is 0.328 e. The summed E-state index contributed by atoms with van der Waals surface area (Å²) in [6, 6.07) is 11.7. The van der Waals surface area contributed by atoms with Gasteiger partial charge in [-0.05, 0) is 43.7 Å². The van der Waals surface area contributed by atoms with E-state index in [2.05, 4.69) is 10.6 Å². The Morgan fingerprint density at radius 3 is 2.46 bits per heavy atom. The number of hydrogen-bond donors (Lipinski definition) is 2. The number of aryl methyl sites for hydroxylation is 1. The maximum absolute atomic E-state index is 13.4. The highest BCUT2D eigenvalue weighted by Crippen LogP contribution is 2.13. The van der Waals surface area contributed by atoms with Gasteiger partial charge in [-0.2, -0.15) is 0 Å². The van der Waals surface area contributed by atoms with Crippen LogP contribution in [0.4, 0.5) is 10.1 Å². The van der Waals surface area contributed by atoms with E-state index >= 15 is 0 Å². The Morgan fingerprint density at radius 2 is 1.81 bits per heavy atom. The molecule has 2 rings (SSSR count). The number of hydrogen-bond acceptors (Lipinski definition) is 4. The van der Waals surface area contributed by atoms with Gasteiger partial charge in [0.2, 0.25) is 0 Å². The van der Waals surface area contributed by atoms with E-state index in [1.54, 1.807) is 43.3 Å². The minimum Gasteiger partial charge on any atom is -0.454 e. The maximum Gasteiger partial charge on any atom is 0.328 e.